The second-order valence-corrected chi connectivity index (χ2v) is 10.1. The Bertz CT molecular complexity index is 1840. The lowest BCUT2D eigenvalue weighted by atomic mass is 10.1. The minimum absolute atomic E-state index is 0.0181. The maximum absolute atomic E-state index is 13.3. The fourth-order valence-electron chi connectivity index (χ4n) is 4.51. The van der Waals surface area contributed by atoms with Gasteiger partial charge in [0.1, 0.15) is 0 Å². The molecule has 4 aromatic rings. The van der Waals surface area contributed by atoms with Gasteiger partial charge in [-0.1, -0.05) is 30.3 Å². The number of rotatable bonds is 9. The number of methoxy groups -OCH3 is 1. The summed E-state index contributed by atoms with van der Waals surface area (Å²) in [6.07, 6.45) is -2.90. The Kier molecular flexibility index (Phi) is 9.17. The molecule has 0 radical (unpaired) electrons. The van der Waals surface area contributed by atoms with E-state index < -0.39 is 24.3 Å². The quantitative estimate of drug-likeness (QED) is 0.199. The number of hydrogen-bond donors (Lipinski definition) is 2. The molecular formula is C34H27F3N4O5. The van der Waals surface area contributed by atoms with Gasteiger partial charge in [-0.2, -0.15) is 23.3 Å². The van der Waals surface area contributed by atoms with Crippen LogP contribution in [0.1, 0.15) is 28.4 Å². The van der Waals surface area contributed by atoms with Crippen molar-refractivity contribution in [1.82, 2.24) is 0 Å². The van der Waals surface area contributed by atoms with E-state index in [0.717, 1.165) is 12.1 Å². The van der Waals surface area contributed by atoms with Crippen LogP contribution in [0, 0.1) is 0 Å². The predicted molar refractivity (Wildman–Crippen MR) is 168 cm³/mol. The number of nitrogens with one attached hydrogen (secondary N) is 2. The normalized spacial score (nSPS) is 13.8. The number of amides is 3. The molecule has 2 N–H and O–H groups in total. The highest BCUT2D eigenvalue weighted by molar-refractivity contribution is 6.32. The van der Waals surface area contributed by atoms with Gasteiger partial charge in [0.05, 0.1) is 29.6 Å². The average molecular weight is 629 g/mol. The summed E-state index contributed by atoms with van der Waals surface area (Å²) in [7, 11) is 1.41. The highest BCUT2D eigenvalue weighted by Crippen LogP contribution is 2.32. The van der Waals surface area contributed by atoms with E-state index in [1.807, 2.05) is 6.07 Å². The number of halogens is 3. The molecule has 5 rings (SSSR count). The number of ether oxygens (including phenoxy) is 2. The van der Waals surface area contributed by atoms with Crippen molar-refractivity contribution in [3.8, 4) is 11.5 Å². The van der Waals surface area contributed by atoms with Crippen molar-refractivity contribution in [2.75, 3.05) is 29.4 Å². The van der Waals surface area contributed by atoms with Gasteiger partial charge in [-0.25, -0.2) is 0 Å². The number of carbonyl (C=O) groups is 3. The van der Waals surface area contributed by atoms with E-state index in [4.69, 9.17) is 9.47 Å². The molecule has 0 aromatic heterocycles. The molecule has 4 aromatic carbocycles. The minimum atomic E-state index is -4.54. The molecule has 1 aliphatic heterocycles. The lowest BCUT2D eigenvalue weighted by molar-refractivity contribution is -0.137. The fraction of sp³-hybridized carbons (Fsp3) is 0.118. The Balaban J connectivity index is 1.22. The van der Waals surface area contributed by atoms with Crippen LogP contribution in [0.15, 0.2) is 108 Å². The molecule has 3 amide bonds. The summed E-state index contributed by atoms with van der Waals surface area (Å²) in [6.45, 7) is 1.22. The van der Waals surface area contributed by atoms with Crippen LogP contribution in [-0.4, -0.2) is 37.1 Å². The van der Waals surface area contributed by atoms with Gasteiger partial charge in [-0.05, 0) is 85.3 Å². The van der Waals surface area contributed by atoms with E-state index in [1.165, 1.54) is 24.3 Å². The predicted octanol–water partition coefficient (Wildman–Crippen LogP) is 6.79. The molecule has 0 saturated carbocycles. The van der Waals surface area contributed by atoms with Crippen molar-refractivity contribution in [2.24, 2.45) is 5.10 Å². The van der Waals surface area contributed by atoms with Crippen molar-refractivity contribution < 1.29 is 37.0 Å². The van der Waals surface area contributed by atoms with Crippen LogP contribution in [0.4, 0.5) is 30.2 Å². The molecule has 234 valence electrons. The van der Waals surface area contributed by atoms with E-state index in [1.54, 1.807) is 79.7 Å². The van der Waals surface area contributed by atoms with Crippen LogP contribution >= 0.6 is 0 Å². The first-order valence-corrected chi connectivity index (χ1v) is 13.9. The highest BCUT2D eigenvalue weighted by Gasteiger charge is 2.31. The van der Waals surface area contributed by atoms with Crippen molar-refractivity contribution in [2.45, 2.75) is 13.1 Å². The van der Waals surface area contributed by atoms with E-state index in [9.17, 15) is 27.6 Å². The van der Waals surface area contributed by atoms with Crippen LogP contribution in [0.3, 0.4) is 0 Å². The Labute approximate surface area is 261 Å². The van der Waals surface area contributed by atoms with Gasteiger partial charge in [-0.15, -0.1) is 0 Å². The highest BCUT2D eigenvalue weighted by atomic mass is 19.4. The number of hydrogen-bond acceptors (Lipinski definition) is 6. The summed E-state index contributed by atoms with van der Waals surface area (Å²) >= 11 is 0. The standard InChI is InChI=1S/C34H27F3N4O5/c1-21-28(33(44)41(40-21)27-14-12-25(13-15-27)39-32(43)23-7-4-3-5-8-23)17-22-11-16-29(30(18-22)45-2)46-20-31(42)38-26-10-6-9-24(19-26)34(35,36)37/h3-19H,20H2,1-2H3,(H,38,42)(H,39,43)/b28-17-. The zero-order valence-electron chi connectivity index (χ0n) is 24.6. The van der Waals surface area contributed by atoms with Gasteiger partial charge >= 0.3 is 6.18 Å². The van der Waals surface area contributed by atoms with Crippen molar-refractivity contribution in [3.05, 3.63) is 119 Å². The smallest absolute Gasteiger partial charge is 0.416 e. The Morgan fingerprint density at radius 2 is 1.61 bits per heavy atom. The Hall–Kier alpha value is -5.91. The molecule has 0 atom stereocenters. The molecule has 0 fully saturated rings. The summed E-state index contributed by atoms with van der Waals surface area (Å²) in [6, 6.07) is 24.6. The summed E-state index contributed by atoms with van der Waals surface area (Å²) in [4.78, 5) is 38.1. The maximum atomic E-state index is 13.3. The van der Waals surface area contributed by atoms with Gasteiger partial charge in [0, 0.05) is 16.9 Å². The van der Waals surface area contributed by atoms with E-state index in [-0.39, 0.29) is 29.0 Å². The SMILES string of the molecule is COc1cc(/C=C2\C(=O)N(c3ccc(NC(=O)c4ccccc4)cc3)N=C2C)ccc1OCC(=O)Nc1cccc(C(F)(F)F)c1. The summed E-state index contributed by atoms with van der Waals surface area (Å²) in [5.74, 6) is -0.791. The zero-order chi connectivity index (χ0) is 32.8. The van der Waals surface area contributed by atoms with Crippen molar-refractivity contribution in [3.63, 3.8) is 0 Å². The fourth-order valence-corrected chi connectivity index (χ4v) is 4.51. The summed E-state index contributed by atoms with van der Waals surface area (Å²) < 4.78 is 49.8. The second kappa shape index (κ2) is 13.4. The van der Waals surface area contributed by atoms with Crippen LogP contribution in [0.25, 0.3) is 6.08 Å². The number of alkyl halides is 3. The van der Waals surface area contributed by atoms with Gasteiger partial charge in [0.2, 0.25) is 0 Å². The molecule has 1 heterocycles. The first kappa shape index (κ1) is 31.5. The molecule has 0 aliphatic carbocycles. The number of benzene rings is 4. The van der Waals surface area contributed by atoms with Crippen LogP contribution in [0.2, 0.25) is 0 Å². The molecule has 0 unspecified atom stereocenters. The van der Waals surface area contributed by atoms with Crippen LogP contribution < -0.4 is 25.1 Å². The average Bonchev–Trinajstić information content (AvgIpc) is 3.33. The molecular weight excluding hydrogens is 601 g/mol. The first-order chi connectivity index (χ1) is 22.0. The summed E-state index contributed by atoms with van der Waals surface area (Å²) in [5.41, 5.74) is 2.11. The molecule has 1 aliphatic rings. The van der Waals surface area contributed by atoms with Gasteiger partial charge in [0.25, 0.3) is 17.7 Å². The Morgan fingerprint density at radius 3 is 2.30 bits per heavy atom. The number of anilines is 3. The molecule has 12 heteroatoms. The Morgan fingerprint density at radius 1 is 0.870 bits per heavy atom. The monoisotopic (exact) mass is 628 g/mol. The van der Waals surface area contributed by atoms with E-state index in [0.29, 0.717) is 33.8 Å². The van der Waals surface area contributed by atoms with Crippen LogP contribution in [-0.2, 0) is 15.8 Å². The number of hydrazone groups is 1. The zero-order valence-corrected chi connectivity index (χ0v) is 24.6. The van der Waals surface area contributed by atoms with Gasteiger partial charge in [0.15, 0.2) is 18.1 Å². The molecule has 46 heavy (non-hydrogen) atoms. The molecule has 0 saturated heterocycles. The maximum Gasteiger partial charge on any atom is 0.416 e. The molecule has 0 spiro atoms. The third-order valence-corrected chi connectivity index (χ3v) is 6.80. The van der Waals surface area contributed by atoms with Gasteiger partial charge in [-0.3, -0.25) is 14.4 Å². The minimum Gasteiger partial charge on any atom is -0.493 e. The lowest BCUT2D eigenvalue weighted by Crippen LogP contribution is -2.21. The number of nitrogens with zero attached hydrogens (tertiary/aromatic N) is 2. The van der Waals surface area contributed by atoms with Crippen molar-refractivity contribution >= 4 is 46.6 Å². The van der Waals surface area contributed by atoms with Crippen molar-refractivity contribution in [1.29, 1.82) is 0 Å². The van der Waals surface area contributed by atoms with Crippen LogP contribution in [0.5, 0.6) is 11.5 Å². The second-order valence-electron chi connectivity index (χ2n) is 10.1. The van der Waals surface area contributed by atoms with E-state index in [2.05, 4.69) is 15.7 Å². The van der Waals surface area contributed by atoms with Gasteiger partial charge < -0.3 is 20.1 Å². The first-order valence-electron chi connectivity index (χ1n) is 13.9. The topological polar surface area (TPSA) is 109 Å². The lowest BCUT2D eigenvalue weighted by Gasteiger charge is -2.13. The summed E-state index contributed by atoms with van der Waals surface area (Å²) in [5, 5.41) is 10.9. The molecule has 0 bridgehead atoms. The largest absolute Gasteiger partial charge is 0.493 e. The van der Waals surface area contributed by atoms with E-state index >= 15 is 0 Å². The molecule has 9 nitrogen and oxygen atoms in total. The third kappa shape index (κ3) is 7.41. The third-order valence-electron chi connectivity index (χ3n) is 6.80. The number of carbonyl (C=O) groups excluding carboxylic acids is 3.